The lowest BCUT2D eigenvalue weighted by molar-refractivity contribution is 0.576. The second-order valence-corrected chi connectivity index (χ2v) is 8.37. The summed E-state index contributed by atoms with van der Waals surface area (Å²) in [5.74, 6) is 2.37. The first-order valence-corrected chi connectivity index (χ1v) is 11.8. The van der Waals surface area contributed by atoms with Crippen molar-refractivity contribution in [2.24, 2.45) is 5.73 Å². The summed E-state index contributed by atoms with van der Waals surface area (Å²) in [4.78, 5) is 4.81. The molecule has 0 aliphatic heterocycles. The maximum atomic E-state index is 6.32. The number of aryl methyl sites for hydroxylation is 1. The number of nitrogens with one attached hydrogen (secondary N) is 1. The van der Waals surface area contributed by atoms with Crippen LogP contribution in [0.4, 0.5) is 0 Å². The van der Waals surface area contributed by atoms with E-state index < -0.39 is 0 Å². The minimum Gasteiger partial charge on any atom is -0.321 e. The average Bonchev–Trinajstić information content (AvgIpc) is 3.51. The van der Waals surface area contributed by atoms with Gasteiger partial charge in [-0.2, -0.15) is 10.3 Å². The molecule has 3 N–H and O–H groups in total. The average molecular weight is 445 g/mol. The molecule has 2 aromatic heterocycles. The smallest absolute Gasteiger partial charge is 0.205 e. The molecule has 4 aromatic rings. The summed E-state index contributed by atoms with van der Waals surface area (Å²) in [6.45, 7) is 5.03. The highest BCUT2D eigenvalue weighted by Gasteiger charge is 2.16. The van der Waals surface area contributed by atoms with Gasteiger partial charge in [-0.3, -0.25) is 0 Å². The van der Waals surface area contributed by atoms with E-state index in [1.165, 1.54) is 18.4 Å². The van der Waals surface area contributed by atoms with Crippen molar-refractivity contribution in [1.82, 2.24) is 35.4 Å². The Morgan fingerprint density at radius 1 is 0.970 bits per heavy atom. The maximum absolute atomic E-state index is 6.32. The molecule has 0 amide bonds. The third-order valence-electron chi connectivity index (χ3n) is 5.81. The van der Waals surface area contributed by atoms with E-state index in [9.17, 15) is 0 Å². The van der Waals surface area contributed by atoms with Crippen LogP contribution in [0.15, 0.2) is 48.5 Å². The number of tetrazole rings is 1. The molecule has 0 saturated heterocycles. The van der Waals surface area contributed by atoms with Crippen LogP contribution in [0.5, 0.6) is 0 Å². The summed E-state index contributed by atoms with van der Waals surface area (Å²) < 4.78 is 2.03. The molecular weight excluding hydrogens is 412 g/mol. The van der Waals surface area contributed by atoms with Crippen LogP contribution >= 0.6 is 0 Å². The number of rotatable bonds is 11. The van der Waals surface area contributed by atoms with Gasteiger partial charge in [-0.1, -0.05) is 81.6 Å². The Morgan fingerprint density at radius 3 is 2.45 bits per heavy atom. The van der Waals surface area contributed by atoms with Crippen LogP contribution in [-0.4, -0.2) is 35.4 Å². The van der Waals surface area contributed by atoms with Gasteiger partial charge in [0.2, 0.25) is 5.82 Å². The molecule has 33 heavy (non-hydrogen) atoms. The van der Waals surface area contributed by atoms with Crippen LogP contribution in [0.1, 0.15) is 69.2 Å². The predicted octanol–water partition coefficient (Wildman–Crippen LogP) is 4.71. The van der Waals surface area contributed by atoms with Gasteiger partial charge in [-0.05, 0) is 34.7 Å². The molecule has 2 aromatic carbocycles. The highest BCUT2D eigenvalue weighted by molar-refractivity contribution is 5.80. The molecule has 0 aliphatic carbocycles. The third kappa shape index (κ3) is 5.51. The highest BCUT2D eigenvalue weighted by Crippen LogP contribution is 2.29. The topological polar surface area (TPSA) is 111 Å². The molecule has 0 radical (unpaired) electrons. The zero-order valence-electron chi connectivity index (χ0n) is 19.4. The third-order valence-corrected chi connectivity index (χ3v) is 5.81. The van der Waals surface area contributed by atoms with E-state index >= 15 is 0 Å². The van der Waals surface area contributed by atoms with Crippen LogP contribution in [0, 0.1) is 0 Å². The molecule has 2 heterocycles. The summed E-state index contributed by atoms with van der Waals surface area (Å²) in [6.07, 6.45) is 6.33. The van der Waals surface area contributed by atoms with Gasteiger partial charge < -0.3 is 5.73 Å². The molecule has 8 heteroatoms. The lowest BCUT2D eigenvalue weighted by Crippen LogP contribution is -2.12. The zero-order valence-corrected chi connectivity index (χ0v) is 19.4. The molecule has 0 saturated carbocycles. The van der Waals surface area contributed by atoms with Crippen LogP contribution in [0.2, 0.25) is 0 Å². The molecule has 1 unspecified atom stereocenters. The highest BCUT2D eigenvalue weighted by atomic mass is 15.5. The van der Waals surface area contributed by atoms with E-state index in [0.717, 1.165) is 54.0 Å². The van der Waals surface area contributed by atoms with Gasteiger partial charge in [0.1, 0.15) is 5.82 Å². The number of unbranched alkanes of at least 4 members (excludes halogenated alkanes) is 2. The first-order valence-electron chi connectivity index (χ1n) is 11.8. The number of aromatic amines is 1. The predicted molar refractivity (Wildman–Crippen MR) is 129 cm³/mol. The number of nitrogens with zero attached hydrogens (tertiary/aromatic N) is 6. The normalized spacial score (nSPS) is 12.2. The van der Waals surface area contributed by atoms with Crippen LogP contribution in [-0.2, 0) is 13.0 Å². The summed E-state index contributed by atoms with van der Waals surface area (Å²) >= 11 is 0. The SMILES string of the molecule is CCCCCc1nc(C(N)CCC)nn1Cc1ccc(-c2ccccc2-c2nn[nH]n2)cc1. The Morgan fingerprint density at radius 2 is 1.76 bits per heavy atom. The number of aromatic nitrogens is 7. The van der Waals surface area contributed by atoms with Crippen molar-refractivity contribution in [3.05, 3.63) is 65.7 Å². The Labute approximate surface area is 194 Å². The van der Waals surface area contributed by atoms with Gasteiger partial charge >= 0.3 is 0 Å². The van der Waals surface area contributed by atoms with Crippen molar-refractivity contribution in [3.8, 4) is 22.5 Å². The number of hydrogen-bond donors (Lipinski definition) is 2. The van der Waals surface area contributed by atoms with Gasteiger partial charge in [0.05, 0.1) is 12.6 Å². The fourth-order valence-electron chi connectivity index (χ4n) is 4.00. The molecule has 1 atom stereocenters. The van der Waals surface area contributed by atoms with E-state index in [1.807, 2.05) is 22.9 Å². The van der Waals surface area contributed by atoms with Crippen molar-refractivity contribution in [2.45, 2.75) is 65.0 Å². The Kier molecular flexibility index (Phi) is 7.57. The van der Waals surface area contributed by atoms with Crippen LogP contribution in [0.3, 0.4) is 0 Å². The van der Waals surface area contributed by atoms with Crippen molar-refractivity contribution < 1.29 is 0 Å². The Balaban J connectivity index is 1.56. The van der Waals surface area contributed by atoms with Gasteiger partial charge in [0.15, 0.2) is 5.82 Å². The molecular formula is C25H32N8. The van der Waals surface area contributed by atoms with Crippen molar-refractivity contribution in [1.29, 1.82) is 0 Å². The van der Waals surface area contributed by atoms with Gasteiger partial charge in [0, 0.05) is 12.0 Å². The fourth-order valence-corrected chi connectivity index (χ4v) is 4.00. The van der Waals surface area contributed by atoms with Gasteiger partial charge in [-0.25, -0.2) is 9.67 Å². The lowest BCUT2D eigenvalue weighted by Gasteiger charge is -2.09. The van der Waals surface area contributed by atoms with E-state index in [0.29, 0.717) is 12.4 Å². The number of nitrogens with two attached hydrogens (primary N) is 1. The summed E-state index contributed by atoms with van der Waals surface area (Å²) in [6, 6.07) is 16.5. The standard InChI is InChI=1S/C25H32N8/c1-3-5-6-12-23-27-25(22(26)9-4-2)30-33(23)17-18-13-15-19(16-14-18)20-10-7-8-11-21(20)24-28-31-32-29-24/h7-8,10-11,13-16,22H,3-6,9,12,17,26H2,1-2H3,(H,28,29,31,32). The Hall–Kier alpha value is -3.39. The van der Waals surface area contributed by atoms with E-state index in [4.69, 9.17) is 15.8 Å². The first-order chi connectivity index (χ1) is 16.2. The van der Waals surface area contributed by atoms with Crippen LogP contribution < -0.4 is 5.73 Å². The van der Waals surface area contributed by atoms with E-state index in [-0.39, 0.29) is 6.04 Å². The molecule has 0 fully saturated rings. The second kappa shape index (κ2) is 11.0. The number of benzene rings is 2. The van der Waals surface area contributed by atoms with Crippen molar-refractivity contribution >= 4 is 0 Å². The second-order valence-electron chi connectivity index (χ2n) is 8.37. The monoisotopic (exact) mass is 444 g/mol. The number of hydrogen-bond acceptors (Lipinski definition) is 6. The summed E-state index contributed by atoms with van der Waals surface area (Å²) in [5.41, 5.74) is 10.6. The largest absolute Gasteiger partial charge is 0.321 e. The molecule has 8 nitrogen and oxygen atoms in total. The summed E-state index contributed by atoms with van der Waals surface area (Å²) in [7, 11) is 0. The number of H-pyrrole nitrogens is 1. The molecule has 0 spiro atoms. The Bertz CT molecular complexity index is 1130. The van der Waals surface area contributed by atoms with E-state index in [1.54, 1.807) is 0 Å². The molecule has 0 aliphatic rings. The fraction of sp³-hybridized carbons (Fsp3) is 0.400. The van der Waals surface area contributed by atoms with Gasteiger partial charge in [0.25, 0.3) is 0 Å². The minimum absolute atomic E-state index is 0.106. The van der Waals surface area contributed by atoms with Crippen LogP contribution in [0.25, 0.3) is 22.5 Å². The van der Waals surface area contributed by atoms with E-state index in [2.05, 4.69) is 64.8 Å². The molecule has 4 rings (SSSR count). The quantitative estimate of drug-likeness (QED) is 0.324. The molecule has 0 bridgehead atoms. The van der Waals surface area contributed by atoms with Gasteiger partial charge in [-0.15, -0.1) is 10.2 Å². The summed E-state index contributed by atoms with van der Waals surface area (Å²) in [5, 5.41) is 19.3. The minimum atomic E-state index is -0.106. The first kappa shape index (κ1) is 22.8. The lowest BCUT2D eigenvalue weighted by atomic mass is 9.98. The maximum Gasteiger partial charge on any atom is 0.205 e. The molecule has 172 valence electrons. The van der Waals surface area contributed by atoms with Crippen molar-refractivity contribution in [2.75, 3.05) is 0 Å². The zero-order chi connectivity index (χ0) is 23.0. The van der Waals surface area contributed by atoms with Crippen molar-refractivity contribution in [3.63, 3.8) is 0 Å².